The van der Waals surface area contributed by atoms with Gasteiger partial charge in [-0.05, 0) is 36.2 Å². The summed E-state index contributed by atoms with van der Waals surface area (Å²) in [5.41, 5.74) is -1.26. The first-order valence-corrected chi connectivity index (χ1v) is 7.05. The van der Waals surface area contributed by atoms with Crippen LogP contribution in [0.2, 0.25) is 0 Å². The summed E-state index contributed by atoms with van der Waals surface area (Å²) < 4.78 is 43.4. The van der Waals surface area contributed by atoms with Crippen molar-refractivity contribution in [1.29, 1.82) is 0 Å². The van der Waals surface area contributed by atoms with Crippen molar-refractivity contribution in [3.8, 4) is 5.69 Å². The maximum absolute atomic E-state index is 12.6. The van der Waals surface area contributed by atoms with E-state index < -0.39 is 23.3 Å². The van der Waals surface area contributed by atoms with Gasteiger partial charge in [0.2, 0.25) is 0 Å². The van der Waals surface area contributed by atoms with E-state index in [1.165, 1.54) is 6.07 Å². The van der Waals surface area contributed by atoms with E-state index in [1.54, 1.807) is 0 Å². The van der Waals surface area contributed by atoms with Gasteiger partial charge in [-0.2, -0.15) is 23.0 Å². The molecule has 128 valence electrons. The summed E-state index contributed by atoms with van der Waals surface area (Å²) in [6, 6.07) is 5.29. The molecule has 0 radical (unpaired) electrons. The smallest absolute Gasteiger partial charge is 0.416 e. The number of esters is 1. The first-order valence-electron chi connectivity index (χ1n) is 7.05. The molecule has 24 heavy (non-hydrogen) atoms. The molecule has 2 aromatic rings. The third-order valence-corrected chi connectivity index (χ3v) is 3.37. The normalized spacial score (nSPS) is 11.6. The molecule has 8 heteroatoms. The maximum atomic E-state index is 12.6. The molecule has 0 amide bonds. The predicted molar refractivity (Wildman–Crippen MR) is 80.3 cm³/mol. The molecular weight excluding hydrogens is 325 g/mol. The fraction of sp³-hybridized carbons (Fsp3) is 0.312. The van der Waals surface area contributed by atoms with Gasteiger partial charge in [0.1, 0.15) is 5.56 Å². The number of benzene rings is 1. The third kappa shape index (κ3) is 3.47. The standard InChI is InChI=1S/C16H15F3N2O3/c1-9(2)13-8-12(15(23)24-3)14(22)21(20-13)11-6-4-10(5-7-11)16(17,18)19/h4-9H,1-3H3. The number of methoxy groups -OCH3 is 1. The van der Waals surface area contributed by atoms with Gasteiger partial charge < -0.3 is 4.74 Å². The summed E-state index contributed by atoms with van der Waals surface area (Å²) in [4.78, 5) is 24.2. The second-order valence-electron chi connectivity index (χ2n) is 5.39. The molecule has 0 unspecified atom stereocenters. The lowest BCUT2D eigenvalue weighted by atomic mass is 10.1. The average molecular weight is 340 g/mol. The fourth-order valence-electron chi connectivity index (χ4n) is 2.02. The van der Waals surface area contributed by atoms with Gasteiger partial charge in [-0.25, -0.2) is 4.79 Å². The van der Waals surface area contributed by atoms with Crippen molar-refractivity contribution in [1.82, 2.24) is 9.78 Å². The van der Waals surface area contributed by atoms with Crippen molar-refractivity contribution in [3.05, 3.63) is 57.5 Å². The lowest BCUT2D eigenvalue weighted by Crippen LogP contribution is -2.29. The molecule has 0 spiro atoms. The minimum atomic E-state index is -4.48. The summed E-state index contributed by atoms with van der Waals surface area (Å²) in [5, 5.41) is 4.13. The highest BCUT2D eigenvalue weighted by Gasteiger charge is 2.30. The zero-order valence-corrected chi connectivity index (χ0v) is 13.2. The van der Waals surface area contributed by atoms with E-state index in [-0.39, 0.29) is 17.2 Å². The Balaban J connectivity index is 2.63. The highest BCUT2D eigenvalue weighted by molar-refractivity contribution is 5.89. The highest BCUT2D eigenvalue weighted by Crippen LogP contribution is 2.29. The van der Waals surface area contributed by atoms with Gasteiger partial charge in [0.25, 0.3) is 5.56 Å². The van der Waals surface area contributed by atoms with Crippen LogP contribution >= 0.6 is 0 Å². The predicted octanol–water partition coefficient (Wildman–Crippen LogP) is 3.16. The van der Waals surface area contributed by atoms with E-state index in [0.717, 1.165) is 36.1 Å². The van der Waals surface area contributed by atoms with E-state index in [9.17, 15) is 22.8 Å². The third-order valence-electron chi connectivity index (χ3n) is 3.37. The summed E-state index contributed by atoms with van der Waals surface area (Å²) >= 11 is 0. The van der Waals surface area contributed by atoms with Crippen molar-refractivity contribution >= 4 is 5.97 Å². The van der Waals surface area contributed by atoms with Crippen LogP contribution in [0.25, 0.3) is 5.69 Å². The number of hydrogen-bond donors (Lipinski definition) is 0. The van der Waals surface area contributed by atoms with Crippen LogP contribution in [0.3, 0.4) is 0 Å². The number of aromatic nitrogens is 2. The second kappa shape index (κ2) is 6.46. The van der Waals surface area contributed by atoms with Gasteiger partial charge in [0.15, 0.2) is 0 Å². The molecule has 1 heterocycles. The lowest BCUT2D eigenvalue weighted by Gasteiger charge is -2.12. The first-order chi connectivity index (χ1) is 11.1. The summed E-state index contributed by atoms with van der Waals surface area (Å²) in [7, 11) is 1.14. The van der Waals surface area contributed by atoms with Crippen molar-refractivity contribution < 1.29 is 22.7 Å². The molecule has 0 fully saturated rings. The van der Waals surface area contributed by atoms with E-state index in [4.69, 9.17) is 0 Å². The monoisotopic (exact) mass is 340 g/mol. The number of hydrogen-bond acceptors (Lipinski definition) is 4. The van der Waals surface area contributed by atoms with Crippen LogP contribution in [-0.4, -0.2) is 22.9 Å². The number of nitrogens with zero attached hydrogens (tertiary/aromatic N) is 2. The largest absolute Gasteiger partial charge is 0.465 e. The van der Waals surface area contributed by atoms with Crippen molar-refractivity contribution in [2.75, 3.05) is 7.11 Å². The molecule has 1 aromatic carbocycles. The Morgan fingerprint density at radius 3 is 2.25 bits per heavy atom. The minimum Gasteiger partial charge on any atom is -0.465 e. The van der Waals surface area contributed by atoms with Crippen LogP contribution in [0.15, 0.2) is 35.1 Å². The topological polar surface area (TPSA) is 61.2 Å². The lowest BCUT2D eigenvalue weighted by molar-refractivity contribution is -0.137. The van der Waals surface area contributed by atoms with E-state index >= 15 is 0 Å². The first kappa shape index (κ1) is 17.7. The van der Waals surface area contributed by atoms with Crippen molar-refractivity contribution in [3.63, 3.8) is 0 Å². The van der Waals surface area contributed by atoms with Gasteiger partial charge in [-0.1, -0.05) is 13.8 Å². The zero-order valence-electron chi connectivity index (χ0n) is 13.2. The van der Waals surface area contributed by atoms with Crippen LogP contribution < -0.4 is 5.56 Å². The molecule has 1 aromatic heterocycles. The van der Waals surface area contributed by atoms with Crippen LogP contribution in [0.1, 0.15) is 41.4 Å². The van der Waals surface area contributed by atoms with Gasteiger partial charge in [0, 0.05) is 0 Å². The van der Waals surface area contributed by atoms with Crippen LogP contribution in [0, 0.1) is 0 Å². The van der Waals surface area contributed by atoms with Crippen molar-refractivity contribution in [2.24, 2.45) is 0 Å². The fourth-order valence-corrected chi connectivity index (χ4v) is 2.02. The molecule has 5 nitrogen and oxygen atoms in total. The summed E-state index contributed by atoms with van der Waals surface area (Å²) in [6.07, 6.45) is -4.48. The Bertz CT molecular complexity index is 809. The second-order valence-corrected chi connectivity index (χ2v) is 5.39. The number of alkyl halides is 3. The number of carbonyl (C=O) groups excluding carboxylic acids is 1. The number of halogens is 3. The van der Waals surface area contributed by atoms with Gasteiger partial charge in [0.05, 0.1) is 24.1 Å². The maximum Gasteiger partial charge on any atom is 0.416 e. The van der Waals surface area contributed by atoms with Crippen LogP contribution in [0.5, 0.6) is 0 Å². The highest BCUT2D eigenvalue weighted by atomic mass is 19.4. The Morgan fingerprint density at radius 1 is 1.21 bits per heavy atom. The number of carbonyl (C=O) groups is 1. The number of ether oxygens (including phenoxy) is 1. The Morgan fingerprint density at radius 2 is 1.79 bits per heavy atom. The molecule has 0 atom stereocenters. The molecule has 0 saturated heterocycles. The van der Waals surface area contributed by atoms with E-state index in [2.05, 4.69) is 9.84 Å². The summed E-state index contributed by atoms with van der Waals surface area (Å²) in [6.45, 7) is 3.62. The molecular formula is C16H15F3N2O3. The van der Waals surface area contributed by atoms with E-state index in [0.29, 0.717) is 5.69 Å². The molecule has 0 saturated carbocycles. The van der Waals surface area contributed by atoms with E-state index in [1.807, 2.05) is 13.8 Å². The SMILES string of the molecule is COC(=O)c1cc(C(C)C)nn(-c2ccc(C(F)(F)F)cc2)c1=O. The van der Waals surface area contributed by atoms with Gasteiger partial charge >= 0.3 is 12.1 Å². The summed E-state index contributed by atoms with van der Waals surface area (Å²) in [5.74, 6) is -0.931. The Kier molecular flexibility index (Phi) is 4.77. The number of rotatable bonds is 3. The quantitative estimate of drug-likeness (QED) is 0.805. The van der Waals surface area contributed by atoms with Gasteiger partial charge in [-0.15, -0.1) is 0 Å². The zero-order chi connectivity index (χ0) is 18.1. The molecule has 0 bridgehead atoms. The molecule has 0 aliphatic rings. The van der Waals surface area contributed by atoms with Gasteiger partial charge in [-0.3, -0.25) is 4.79 Å². The molecule has 0 N–H and O–H groups in total. The average Bonchev–Trinajstić information content (AvgIpc) is 2.53. The molecule has 0 aliphatic carbocycles. The Hall–Kier alpha value is -2.64. The van der Waals surface area contributed by atoms with Crippen LogP contribution in [-0.2, 0) is 10.9 Å². The molecule has 0 aliphatic heterocycles. The minimum absolute atomic E-state index is 0.102. The van der Waals surface area contributed by atoms with Crippen molar-refractivity contribution in [2.45, 2.75) is 25.9 Å². The Labute approximate surface area is 135 Å². The molecule has 2 rings (SSSR count). The van der Waals surface area contributed by atoms with Crippen LogP contribution in [0.4, 0.5) is 13.2 Å².